The minimum atomic E-state index is 0. The summed E-state index contributed by atoms with van der Waals surface area (Å²) in [6, 6.07) is 0. The predicted octanol–water partition coefficient (Wildman–Crippen LogP) is -3.14. The van der Waals surface area contributed by atoms with E-state index in [1.165, 1.54) is 0 Å². The van der Waals surface area contributed by atoms with Crippen LogP contribution in [-0.2, 0) is 0 Å². The van der Waals surface area contributed by atoms with Crippen molar-refractivity contribution in [1.29, 1.82) is 0 Å². The average molecular weight is 87.1 g/mol. The molecule has 5 heteroatoms. The van der Waals surface area contributed by atoms with Crippen LogP contribution in [0.5, 0.6) is 0 Å². The summed E-state index contributed by atoms with van der Waals surface area (Å²) in [6.07, 6.45) is 0. The van der Waals surface area contributed by atoms with Crippen LogP contribution in [0.1, 0.15) is 0 Å². The molecule has 0 atom stereocenters. The largest absolute Gasteiger partial charge is 0.412 e. The van der Waals surface area contributed by atoms with Crippen molar-refractivity contribution in [3.63, 3.8) is 0 Å². The summed E-state index contributed by atoms with van der Waals surface area (Å²) in [5.41, 5.74) is 0. The zero-order valence-corrected chi connectivity index (χ0v) is 2.52. The van der Waals surface area contributed by atoms with Crippen LogP contribution in [0.4, 0.5) is 0 Å². The van der Waals surface area contributed by atoms with Gasteiger partial charge in [-0.3, -0.25) is 0 Å². The molecule has 0 aromatic rings. The standard InChI is InChI=1S/H3NO.3H2O/c1-2;;;/h2H,1H2;3*1H2. The lowest BCUT2D eigenvalue weighted by atomic mass is 13.6. The fraction of sp³-hybridized carbons (Fsp3) is 0. The molecule has 0 aliphatic carbocycles. The molecule has 0 saturated carbocycles. The van der Waals surface area contributed by atoms with Crippen LogP contribution in [0.2, 0.25) is 0 Å². The summed E-state index contributed by atoms with van der Waals surface area (Å²) in [4.78, 5) is 0. The van der Waals surface area contributed by atoms with Crippen molar-refractivity contribution in [1.82, 2.24) is 0 Å². The molecule has 5 heavy (non-hydrogen) atoms. The first-order chi connectivity index (χ1) is 1.00. The quantitative estimate of drug-likeness (QED) is 0.301. The van der Waals surface area contributed by atoms with E-state index in [1.54, 1.807) is 0 Å². The zero-order valence-electron chi connectivity index (χ0n) is 2.52. The maximum atomic E-state index is 6.50. The SMILES string of the molecule is NO.O.O.O. The van der Waals surface area contributed by atoms with Gasteiger partial charge in [-0.1, -0.05) is 0 Å². The molecule has 0 aromatic carbocycles. The normalized spacial score (nSPS) is 1.20. The molecule has 0 aromatic heterocycles. The molecule has 0 fully saturated rings. The molecule has 0 spiro atoms. The Hall–Kier alpha value is -0.200. The summed E-state index contributed by atoms with van der Waals surface area (Å²) in [6.45, 7) is 0. The van der Waals surface area contributed by atoms with Gasteiger partial charge in [0, 0.05) is 0 Å². The lowest BCUT2D eigenvalue weighted by Gasteiger charge is -1.27. The summed E-state index contributed by atoms with van der Waals surface area (Å²) >= 11 is 0. The molecule has 9 N–H and O–H groups in total. The van der Waals surface area contributed by atoms with Crippen LogP contribution in [0.15, 0.2) is 0 Å². The summed E-state index contributed by atoms with van der Waals surface area (Å²) < 4.78 is 0. The van der Waals surface area contributed by atoms with Crippen molar-refractivity contribution in [3.05, 3.63) is 0 Å². The highest BCUT2D eigenvalue weighted by Gasteiger charge is 0.732. The molecule has 0 radical (unpaired) electrons. The first-order valence-corrected chi connectivity index (χ1v) is 0.258. The molecular weight excluding hydrogens is 78.0 g/mol. The number of hydrogen-bond acceptors (Lipinski definition) is 2. The zero-order chi connectivity index (χ0) is 2.00. The van der Waals surface area contributed by atoms with E-state index >= 15 is 0 Å². The van der Waals surface area contributed by atoms with Gasteiger partial charge in [0.05, 0.1) is 0 Å². The van der Waals surface area contributed by atoms with Gasteiger partial charge in [-0.05, 0) is 0 Å². The van der Waals surface area contributed by atoms with E-state index in [0.29, 0.717) is 0 Å². The van der Waals surface area contributed by atoms with E-state index < -0.39 is 0 Å². The lowest BCUT2D eigenvalue weighted by Crippen LogP contribution is -1.72. The van der Waals surface area contributed by atoms with Crippen molar-refractivity contribution in [2.45, 2.75) is 0 Å². The third-order valence-electron chi connectivity index (χ3n) is 0. The van der Waals surface area contributed by atoms with E-state index in [4.69, 9.17) is 5.21 Å². The molecule has 0 unspecified atom stereocenters. The van der Waals surface area contributed by atoms with Crippen molar-refractivity contribution >= 4 is 0 Å². The van der Waals surface area contributed by atoms with Gasteiger partial charge >= 0.3 is 0 Å². The summed E-state index contributed by atoms with van der Waals surface area (Å²) in [5.74, 6) is 3.50. The van der Waals surface area contributed by atoms with E-state index in [0.717, 1.165) is 0 Å². The van der Waals surface area contributed by atoms with Crippen molar-refractivity contribution in [2.24, 2.45) is 5.90 Å². The van der Waals surface area contributed by atoms with Crippen molar-refractivity contribution in [3.8, 4) is 0 Å². The van der Waals surface area contributed by atoms with Gasteiger partial charge in [-0.25, -0.2) is 5.90 Å². The van der Waals surface area contributed by atoms with Gasteiger partial charge in [0.15, 0.2) is 0 Å². The third-order valence-corrected chi connectivity index (χ3v) is 0. The molecular formula is H9NO4. The minimum absolute atomic E-state index is 0. The Morgan fingerprint density at radius 1 is 0.800 bits per heavy atom. The Morgan fingerprint density at radius 2 is 0.800 bits per heavy atom. The van der Waals surface area contributed by atoms with Crippen LogP contribution >= 0.6 is 0 Å². The topological polar surface area (TPSA) is 141 Å². The van der Waals surface area contributed by atoms with E-state index in [9.17, 15) is 0 Å². The Kier molecular flexibility index (Phi) is 16100. The minimum Gasteiger partial charge on any atom is -0.412 e. The molecule has 0 saturated heterocycles. The average Bonchev–Trinajstić information content (AvgIpc) is 1.00. The molecule has 0 aliphatic heterocycles. The first kappa shape index (κ1) is 108. The van der Waals surface area contributed by atoms with Gasteiger partial charge in [0.2, 0.25) is 0 Å². The van der Waals surface area contributed by atoms with Crippen LogP contribution in [-0.4, -0.2) is 21.6 Å². The second-order valence-corrected chi connectivity index (χ2v) is 0. The van der Waals surface area contributed by atoms with Gasteiger partial charge in [-0.15, -0.1) is 0 Å². The lowest BCUT2D eigenvalue weighted by molar-refractivity contribution is 0.311. The first-order valence-electron chi connectivity index (χ1n) is 0.258. The molecule has 0 heterocycles. The monoisotopic (exact) mass is 87.1 g/mol. The summed E-state index contributed by atoms with van der Waals surface area (Å²) in [5, 5.41) is 6.50. The highest BCUT2D eigenvalue weighted by atomic mass is 16.4. The molecule has 0 bridgehead atoms. The van der Waals surface area contributed by atoms with E-state index in [2.05, 4.69) is 5.90 Å². The Bertz CT molecular complexity index is 3.61. The van der Waals surface area contributed by atoms with Crippen LogP contribution in [0, 0.1) is 0 Å². The van der Waals surface area contributed by atoms with Crippen LogP contribution in [0.25, 0.3) is 0 Å². The highest BCUT2D eigenvalue weighted by molar-refractivity contribution is 2.77. The molecule has 5 nitrogen and oxygen atoms in total. The Balaban J connectivity index is -0.00000000167. The van der Waals surface area contributed by atoms with E-state index in [1.807, 2.05) is 0 Å². The fourth-order valence-corrected chi connectivity index (χ4v) is 0. The second kappa shape index (κ2) is 745. The fourth-order valence-electron chi connectivity index (χ4n) is 0. The van der Waals surface area contributed by atoms with Gasteiger partial charge < -0.3 is 21.6 Å². The second-order valence-electron chi connectivity index (χ2n) is 0. The Labute approximate surface area is 28.9 Å². The highest BCUT2D eigenvalue weighted by Crippen LogP contribution is 0.410. The maximum Gasteiger partial charge on any atom is -0.219 e. The van der Waals surface area contributed by atoms with Gasteiger partial charge in [0.1, 0.15) is 0 Å². The molecule has 0 aliphatic rings. The summed E-state index contributed by atoms with van der Waals surface area (Å²) in [7, 11) is 0. The molecule has 0 rings (SSSR count). The van der Waals surface area contributed by atoms with Gasteiger partial charge in [0.25, 0.3) is 0 Å². The van der Waals surface area contributed by atoms with Crippen LogP contribution in [0.3, 0.4) is 0 Å². The maximum absolute atomic E-state index is 6.50. The molecule has 38 valence electrons. The van der Waals surface area contributed by atoms with Crippen LogP contribution < -0.4 is 5.90 Å². The van der Waals surface area contributed by atoms with Gasteiger partial charge in [-0.2, -0.15) is 0 Å². The van der Waals surface area contributed by atoms with E-state index in [-0.39, 0.29) is 16.4 Å². The smallest absolute Gasteiger partial charge is 0.219 e. The molecule has 0 amide bonds. The Morgan fingerprint density at radius 3 is 0.800 bits per heavy atom. The predicted molar refractivity (Wildman–Crippen MR) is 16.8 cm³/mol. The van der Waals surface area contributed by atoms with Crippen molar-refractivity contribution < 1.29 is 21.6 Å². The number of rotatable bonds is 0. The van der Waals surface area contributed by atoms with Crippen molar-refractivity contribution in [2.75, 3.05) is 0 Å². The number of hydrogen-bond donors (Lipinski definition) is 2. The number of nitrogens with two attached hydrogens (primary N) is 1. The third kappa shape index (κ3) is 308.